The van der Waals surface area contributed by atoms with Gasteiger partial charge in [0, 0.05) is 15.4 Å². The summed E-state index contributed by atoms with van der Waals surface area (Å²) in [6.45, 7) is 0. The molecule has 2 aromatic rings. The molecule has 0 amide bonds. The van der Waals surface area contributed by atoms with Crippen molar-refractivity contribution in [2.75, 3.05) is 0 Å². The van der Waals surface area contributed by atoms with Gasteiger partial charge in [-0.15, -0.1) is 0 Å². The van der Waals surface area contributed by atoms with Crippen molar-refractivity contribution >= 4 is 44.7 Å². The Hall–Kier alpha value is -0.800. The molecule has 0 aliphatic rings. The zero-order valence-corrected chi connectivity index (χ0v) is 8.82. The molecule has 1 aromatic carbocycles. The maximum absolute atomic E-state index is 10.6. The zero-order valence-electron chi connectivity index (χ0n) is 6.47. The van der Waals surface area contributed by atoms with Crippen LogP contribution in [-0.4, -0.2) is 11.3 Å². The van der Waals surface area contributed by atoms with Crippen molar-refractivity contribution in [1.29, 1.82) is 0 Å². The lowest BCUT2D eigenvalue weighted by atomic mass is 10.2. The molecule has 0 aliphatic heterocycles. The van der Waals surface area contributed by atoms with Crippen LogP contribution in [0.3, 0.4) is 0 Å². The van der Waals surface area contributed by atoms with Crippen molar-refractivity contribution in [3.8, 4) is 0 Å². The number of aldehydes is 1. The van der Waals surface area contributed by atoms with Gasteiger partial charge in [-0.05, 0) is 18.2 Å². The van der Waals surface area contributed by atoms with Crippen LogP contribution in [0.15, 0.2) is 22.7 Å². The number of aromatic nitrogens is 1. The van der Waals surface area contributed by atoms with E-state index in [2.05, 4.69) is 20.9 Å². The minimum Gasteiger partial charge on any atom is -0.351 e. The van der Waals surface area contributed by atoms with Crippen molar-refractivity contribution in [2.24, 2.45) is 0 Å². The molecule has 1 N–H and O–H groups in total. The number of aromatic amines is 1. The molecule has 0 radical (unpaired) electrons. The van der Waals surface area contributed by atoms with Gasteiger partial charge in [0.15, 0.2) is 6.29 Å². The van der Waals surface area contributed by atoms with Gasteiger partial charge in [-0.2, -0.15) is 0 Å². The first-order valence-electron chi connectivity index (χ1n) is 3.64. The van der Waals surface area contributed by atoms with E-state index in [9.17, 15) is 4.79 Å². The Morgan fingerprint density at radius 3 is 2.92 bits per heavy atom. The Morgan fingerprint density at radius 1 is 1.46 bits per heavy atom. The van der Waals surface area contributed by atoms with Crippen LogP contribution in [0, 0.1) is 0 Å². The van der Waals surface area contributed by atoms with Crippen LogP contribution in [0.2, 0.25) is 5.02 Å². The predicted octanol–water partition coefficient (Wildman–Crippen LogP) is 3.40. The molecule has 0 aliphatic carbocycles. The number of hydrogen-bond acceptors (Lipinski definition) is 1. The minimum absolute atomic E-state index is 0.426. The molecule has 66 valence electrons. The van der Waals surface area contributed by atoms with Crippen LogP contribution in [0.25, 0.3) is 10.9 Å². The second-order valence-electron chi connectivity index (χ2n) is 2.66. The summed E-state index contributed by atoms with van der Waals surface area (Å²) >= 11 is 9.28. The number of benzene rings is 1. The number of rotatable bonds is 1. The Labute approximate surface area is 88.0 Å². The fraction of sp³-hybridized carbons (Fsp3) is 0. The molecule has 1 heterocycles. The highest BCUT2D eigenvalue weighted by Gasteiger charge is 2.07. The first-order chi connectivity index (χ1) is 6.22. The van der Waals surface area contributed by atoms with Crippen LogP contribution in [0.4, 0.5) is 0 Å². The van der Waals surface area contributed by atoms with Crippen LogP contribution in [-0.2, 0) is 0 Å². The molecular weight excluding hydrogens is 253 g/mol. The van der Waals surface area contributed by atoms with Crippen molar-refractivity contribution in [1.82, 2.24) is 4.98 Å². The van der Waals surface area contributed by atoms with Crippen molar-refractivity contribution in [3.05, 3.63) is 33.4 Å². The largest absolute Gasteiger partial charge is 0.351 e. The van der Waals surface area contributed by atoms with E-state index in [1.54, 1.807) is 0 Å². The molecule has 0 saturated heterocycles. The van der Waals surface area contributed by atoms with E-state index in [0.717, 1.165) is 21.7 Å². The average Bonchev–Trinajstić information content (AvgIpc) is 2.44. The minimum atomic E-state index is 0.426. The highest BCUT2D eigenvalue weighted by atomic mass is 79.9. The standard InChI is InChI=1S/C9H5BrClNO/c10-5-1-2-7-6(3-5)9(11)8(4-13)12-7/h1-4,12H. The summed E-state index contributed by atoms with van der Waals surface area (Å²) in [6.07, 6.45) is 0.718. The first kappa shape index (κ1) is 8.78. The first-order valence-corrected chi connectivity index (χ1v) is 4.81. The lowest BCUT2D eigenvalue weighted by Gasteiger charge is -1.90. The number of hydrogen-bond donors (Lipinski definition) is 1. The van der Waals surface area contributed by atoms with Crippen molar-refractivity contribution in [2.45, 2.75) is 0 Å². The van der Waals surface area contributed by atoms with Crippen molar-refractivity contribution in [3.63, 3.8) is 0 Å². The van der Waals surface area contributed by atoms with E-state index < -0.39 is 0 Å². The molecule has 1 aromatic heterocycles. The summed E-state index contributed by atoms with van der Waals surface area (Å²) in [6, 6.07) is 5.64. The van der Waals surface area contributed by atoms with E-state index in [0.29, 0.717) is 10.7 Å². The fourth-order valence-corrected chi connectivity index (χ4v) is 1.84. The Morgan fingerprint density at radius 2 is 2.23 bits per heavy atom. The van der Waals surface area contributed by atoms with Gasteiger partial charge in [0.25, 0.3) is 0 Å². The van der Waals surface area contributed by atoms with E-state index in [1.165, 1.54) is 0 Å². The van der Waals surface area contributed by atoms with E-state index >= 15 is 0 Å². The highest BCUT2D eigenvalue weighted by molar-refractivity contribution is 9.10. The Bertz CT molecular complexity index is 478. The quantitative estimate of drug-likeness (QED) is 0.781. The smallest absolute Gasteiger partial charge is 0.167 e. The molecule has 4 heteroatoms. The van der Waals surface area contributed by atoms with Gasteiger partial charge >= 0.3 is 0 Å². The van der Waals surface area contributed by atoms with Gasteiger partial charge in [0.1, 0.15) is 0 Å². The van der Waals surface area contributed by atoms with Crippen LogP contribution < -0.4 is 0 Å². The summed E-state index contributed by atoms with van der Waals surface area (Å²) in [5, 5.41) is 1.34. The molecule has 0 unspecified atom stereocenters. The number of nitrogens with one attached hydrogen (secondary N) is 1. The molecule has 0 atom stereocenters. The highest BCUT2D eigenvalue weighted by Crippen LogP contribution is 2.28. The third kappa shape index (κ3) is 1.38. The Kier molecular flexibility index (Phi) is 2.14. The number of carbonyl (C=O) groups excluding carboxylic acids is 1. The molecule has 0 fully saturated rings. The predicted molar refractivity (Wildman–Crippen MR) is 56.4 cm³/mol. The molecule has 2 rings (SSSR count). The summed E-state index contributed by atoms with van der Waals surface area (Å²) in [7, 11) is 0. The maximum Gasteiger partial charge on any atom is 0.167 e. The van der Waals surface area contributed by atoms with Crippen LogP contribution in [0.1, 0.15) is 10.5 Å². The van der Waals surface area contributed by atoms with Gasteiger partial charge in [0.05, 0.1) is 10.7 Å². The third-order valence-corrected chi connectivity index (χ3v) is 2.74. The van der Waals surface area contributed by atoms with Gasteiger partial charge in [-0.3, -0.25) is 4.79 Å². The number of H-pyrrole nitrogens is 1. The second kappa shape index (κ2) is 3.16. The SMILES string of the molecule is O=Cc1[nH]c2ccc(Br)cc2c1Cl. The normalized spacial score (nSPS) is 10.6. The molecule has 0 spiro atoms. The number of fused-ring (bicyclic) bond motifs is 1. The van der Waals surface area contributed by atoms with E-state index in [1.807, 2.05) is 18.2 Å². The molecule has 2 nitrogen and oxygen atoms in total. The zero-order chi connectivity index (χ0) is 9.42. The molecule has 13 heavy (non-hydrogen) atoms. The van der Waals surface area contributed by atoms with E-state index in [4.69, 9.17) is 11.6 Å². The van der Waals surface area contributed by atoms with Gasteiger partial charge < -0.3 is 4.98 Å². The monoisotopic (exact) mass is 257 g/mol. The number of halogens is 2. The third-order valence-electron chi connectivity index (χ3n) is 1.84. The average molecular weight is 259 g/mol. The fourth-order valence-electron chi connectivity index (χ4n) is 1.23. The molecule has 0 saturated carbocycles. The summed E-state index contributed by atoms with van der Waals surface area (Å²) < 4.78 is 0.943. The second-order valence-corrected chi connectivity index (χ2v) is 3.95. The number of carbonyl (C=O) groups is 1. The molecule has 0 bridgehead atoms. The summed E-state index contributed by atoms with van der Waals surface area (Å²) in [5.74, 6) is 0. The summed E-state index contributed by atoms with van der Waals surface area (Å²) in [4.78, 5) is 13.5. The topological polar surface area (TPSA) is 32.9 Å². The van der Waals surface area contributed by atoms with Crippen LogP contribution in [0.5, 0.6) is 0 Å². The van der Waals surface area contributed by atoms with E-state index in [-0.39, 0.29) is 0 Å². The lowest BCUT2D eigenvalue weighted by Crippen LogP contribution is -1.76. The van der Waals surface area contributed by atoms with Gasteiger partial charge in [0.2, 0.25) is 0 Å². The maximum atomic E-state index is 10.6. The van der Waals surface area contributed by atoms with Gasteiger partial charge in [-0.1, -0.05) is 27.5 Å². The summed E-state index contributed by atoms with van der Waals surface area (Å²) in [5.41, 5.74) is 1.30. The van der Waals surface area contributed by atoms with Crippen molar-refractivity contribution < 1.29 is 4.79 Å². The lowest BCUT2D eigenvalue weighted by molar-refractivity contribution is 0.112. The van der Waals surface area contributed by atoms with Gasteiger partial charge in [-0.25, -0.2) is 0 Å². The Balaban J connectivity index is 2.84. The van der Waals surface area contributed by atoms with Crippen LogP contribution >= 0.6 is 27.5 Å². The molecular formula is C9H5BrClNO.